The normalized spacial score (nSPS) is 14.5. The summed E-state index contributed by atoms with van der Waals surface area (Å²) in [5.74, 6) is 0.262. The van der Waals surface area contributed by atoms with E-state index < -0.39 is 10.0 Å². The van der Waals surface area contributed by atoms with Crippen LogP contribution in [0.25, 0.3) is 0 Å². The number of carbonyl (C=O) groups excluding carboxylic acids is 1. The molecule has 1 aliphatic rings. The van der Waals surface area contributed by atoms with Gasteiger partial charge in [0, 0.05) is 24.3 Å². The van der Waals surface area contributed by atoms with Crippen LogP contribution in [0.1, 0.15) is 45.8 Å². The molecule has 0 unspecified atom stereocenters. The number of sulfonamides is 1. The van der Waals surface area contributed by atoms with Gasteiger partial charge in [0.25, 0.3) is 15.9 Å². The Labute approximate surface area is 194 Å². The molecule has 6 nitrogen and oxygen atoms in total. The first-order chi connectivity index (χ1) is 15.9. The minimum atomic E-state index is -3.73. The molecule has 7 heteroatoms. The minimum absolute atomic E-state index is 0.0912. The van der Waals surface area contributed by atoms with Crippen LogP contribution in [0, 0.1) is 18.3 Å². The van der Waals surface area contributed by atoms with Crippen LogP contribution >= 0.6 is 0 Å². The van der Waals surface area contributed by atoms with Gasteiger partial charge in [-0.15, -0.1) is 0 Å². The lowest BCUT2D eigenvalue weighted by molar-refractivity contribution is 0.0712. The lowest BCUT2D eigenvalue weighted by Crippen LogP contribution is -2.38. The van der Waals surface area contributed by atoms with Gasteiger partial charge >= 0.3 is 0 Å². The molecule has 0 saturated carbocycles. The summed E-state index contributed by atoms with van der Waals surface area (Å²) in [6.45, 7) is 3.11. The van der Waals surface area contributed by atoms with Gasteiger partial charge in [-0.2, -0.15) is 5.26 Å². The van der Waals surface area contributed by atoms with Gasteiger partial charge in [0.2, 0.25) is 0 Å². The zero-order chi connectivity index (χ0) is 23.4. The molecule has 4 rings (SSSR count). The smallest absolute Gasteiger partial charge is 0.261 e. The van der Waals surface area contributed by atoms with E-state index in [2.05, 4.69) is 10.8 Å². The summed E-state index contributed by atoms with van der Waals surface area (Å²) in [4.78, 5) is 15.2. The first-order valence-electron chi connectivity index (χ1n) is 10.9. The Morgan fingerprint density at radius 3 is 2.30 bits per heavy atom. The molecule has 0 spiro atoms. The summed E-state index contributed by atoms with van der Waals surface area (Å²) in [5.41, 5.74) is 3.50. The molecule has 1 N–H and O–H groups in total. The van der Waals surface area contributed by atoms with E-state index in [0.29, 0.717) is 35.8 Å². The second-order valence-electron chi connectivity index (χ2n) is 8.25. The van der Waals surface area contributed by atoms with Crippen molar-refractivity contribution in [3.05, 3.63) is 95.1 Å². The molecule has 1 saturated heterocycles. The molecule has 33 heavy (non-hydrogen) atoms. The van der Waals surface area contributed by atoms with E-state index in [1.165, 1.54) is 17.7 Å². The lowest BCUT2D eigenvalue weighted by Gasteiger charge is -2.32. The van der Waals surface area contributed by atoms with Crippen LogP contribution in [0.2, 0.25) is 0 Å². The minimum Gasteiger partial charge on any atom is -0.339 e. The number of anilines is 1. The molecular weight excluding hydrogens is 434 g/mol. The Balaban J connectivity index is 1.46. The second kappa shape index (κ2) is 9.47. The summed E-state index contributed by atoms with van der Waals surface area (Å²) < 4.78 is 27.9. The number of carbonyl (C=O) groups is 1. The number of hydrogen-bond acceptors (Lipinski definition) is 4. The molecule has 0 aliphatic carbocycles. The van der Waals surface area contributed by atoms with Crippen molar-refractivity contribution in [3.8, 4) is 6.07 Å². The molecule has 1 amide bonds. The van der Waals surface area contributed by atoms with Crippen molar-refractivity contribution in [1.29, 1.82) is 5.26 Å². The Kier molecular flexibility index (Phi) is 6.47. The molecule has 1 fully saturated rings. The SMILES string of the molecule is Cc1ccc(NS(=O)(=O)c2ccccc2)cc1C(=O)N1CCC(c2ccc(C#N)cc2)CC1. The maximum Gasteiger partial charge on any atom is 0.261 e. The number of rotatable bonds is 5. The number of amides is 1. The average molecular weight is 460 g/mol. The van der Waals surface area contributed by atoms with Gasteiger partial charge in [-0.1, -0.05) is 36.4 Å². The number of nitrogens with one attached hydrogen (secondary N) is 1. The monoisotopic (exact) mass is 459 g/mol. The molecule has 0 atom stereocenters. The van der Waals surface area contributed by atoms with Gasteiger partial charge in [-0.3, -0.25) is 9.52 Å². The highest BCUT2D eigenvalue weighted by Crippen LogP contribution is 2.29. The summed E-state index contributed by atoms with van der Waals surface area (Å²) in [6, 6.07) is 23.0. The molecule has 1 aliphatic heterocycles. The molecule has 1 heterocycles. The van der Waals surface area contributed by atoms with E-state index in [1.807, 2.05) is 36.1 Å². The Morgan fingerprint density at radius 1 is 1.00 bits per heavy atom. The Morgan fingerprint density at radius 2 is 1.67 bits per heavy atom. The van der Waals surface area contributed by atoms with E-state index >= 15 is 0 Å². The van der Waals surface area contributed by atoms with Gasteiger partial charge in [0.05, 0.1) is 16.5 Å². The predicted molar refractivity (Wildman–Crippen MR) is 127 cm³/mol. The van der Waals surface area contributed by atoms with Gasteiger partial charge in [0.1, 0.15) is 0 Å². The van der Waals surface area contributed by atoms with Crippen LogP contribution in [0.5, 0.6) is 0 Å². The molecular formula is C26H25N3O3S. The standard InChI is InChI=1S/C26H25N3O3S/c1-19-7-12-23(28-33(31,32)24-5-3-2-4-6-24)17-25(19)26(30)29-15-13-22(14-16-29)21-10-8-20(18-27)9-11-21/h2-12,17,22,28H,13-16H2,1H3. The number of benzene rings is 3. The number of nitriles is 1. The van der Waals surface area contributed by atoms with E-state index in [1.54, 1.807) is 36.4 Å². The Bertz CT molecular complexity index is 1290. The maximum absolute atomic E-state index is 13.2. The second-order valence-corrected chi connectivity index (χ2v) is 9.93. The highest BCUT2D eigenvalue weighted by atomic mass is 32.2. The molecule has 3 aromatic carbocycles. The third-order valence-electron chi connectivity index (χ3n) is 6.07. The van der Waals surface area contributed by atoms with E-state index in [-0.39, 0.29) is 10.8 Å². The summed E-state index contributed by atoms with van der Waals surface area (Å²) in [5, 5.41) is 8.97. The van der Waals surface area contributed by atoms with E-state index in [4.69, 9.17) is 5.26 Å². The third kappa shape index (κ3) is 5.07. The largest absolute Gasteiger partial charge is 0.339 e. The third-order valence-corrected chi connectivity index (χ3v) is 7.46. The molecule has 0 bridgehead atoms. The first kappa shape index (κ1) is 22.6. The summed E-state index contributed by atoms with van der Waals surface area (Å²) in [6.07, 6.45) is 1.69. The zero-order valence-electron chi connectivity index (χ0n) is 18.4. The quantitative estimate of drug-likeness (QED) is 0.599. The predicted octanol–water partition coefficient (Wildman–Crippen LogP) is 4.69. The molecule has 3 aromatic rings. The number of likely N-dealkylation sites (tertiary alicyclic amines) is 1. The van der Waals surface area contributed by atoms with Crippen molar-refractivity contribution in [2.45, 2.75) is 30.6 Å². The summed E-state index contributed by atoms with van der Waals surface area (Å²) in [7, 11) is -3.73. The summed E-state index contributed by atoms with van der Waals surface area (Å²) >= 11 is 0. The fourth-order valence-corrected chi connectivity index (χ4v) is 5.22. The van der Waals surface area contributed by atoms with Gasteiger partial charge < -0.3 is 4.90 Å². The van der Waals surface area contributed by atoms with Crippen molar-refractivity contribution in [2.24, 2.45) is 0 Å². The number of nitrogens with zero attached hydrogens (tertiary/aromatic N) is 2. The van der Waals surface area contributed by atoms with Crippen LogP contribution in [0.4, 0.5) is 5.69 Å². The van der Waals surface area contributed by atoms with Crippen LogP contribution in [0.15, 0.2) is 77.7 Å². The Hall–Kier alpha value is -3.63. The molecule has 0 radical (unpaired) electrons. The van der Waals surface area contributed by atoms with Crippen molar-refractivity contribution < 1.29 is 13.2 Å². The van der Waals surface area contributed by atoms with Crippen LogP contribution in [-0.4, -0.2) is 32.3 Å². The van der Waals surface area contributed by atoms with E-state index in [9.17, 15) is 13.2 Å². The topological polar surface area (TPSA) is 90.3 Å². The van der Waals surface area contributed by atoms with E-state index in [0.717, 1.165) is 18.4 Å². The molecule has 0 aromatic heterocycles. The first-order valence-corrected chi connectivity index (χ1v) is 12.3. The van der Waals surface area contributed by atoms with Crippen molar-refractivity contribution in [1.82, 2.24) is 4.90 Å². The number of piperidine rings is 1. The van der Waals surface area contributed by atoms with Crippen molar-refractivity contribution in [3.63, 3.8) is 0 Å². The van der Waals surface area contributed by atoms with Crippen molar-refractivity contribution in [2.75, 3.05) is 17.8 Å². The zero-order valence-corrected chi connectivity index (χ0v) is 19.2. The number of aryl methyl sites for hydroxylation is 1. The van der Waals surface area contributed by atoms with Crippen LogP contribution in [-0.2, 0) is 10.0 Å². The fourth-order valence-electron chi connectivity index (χ4n) is 4.15. The highest BCUT2D eigenvalue weighted by Gasteiger charge is 2.26. The fraction of sp³-hybridized carbons (Fsp3) is 0.231. The van der Waals surface area contributed by atoms with Crippen LogP contribution < -0.4 is 4.72 Å². The van der Waals surface area contributed by atoms with Crippen LogP contribution in [0.3, 0.4) is 0 Å². The number of hydrogen-bond donors (Lipinski definition) is 1. The van der Waals surface area contributed by atoms with Gasteiger partial charge in [-0.25, -0.2) is 8.42 Å². The average Bonchev–Trinajstić information content (AvgIpc) is 2.85. The molecule has 168 valence electrons. The lowest BCUT2D eigenvalue weighted by atomic mass is 9.88. The highest BCUT2D eigenvalue weighted by molar-refractivity contribution is 7.92. The van der Waals surface area contributed by atoms with Crippen molar-refractivity contribution >= 4 is 21.6 Å². The van der Waals surface area contributed by atoms with Gasteiger partial charge in [-0.05, 0) is 73.2 Å². The maximum atomic E-state index is 13.2. The van der Waals surface area contributed by atoms with Gasteiger partial charge in [0.15, 0.2) is 0 Å².